The number of hydrogen-bond acceptors (Lipinski definition) is 5. The maximum absolute atomic E-state index is 12.9. The topological polar surface area (TPSA) is 78.4 Å². The van der Waals surface area contributed by atoms with Crippen LogP contribution in [0, 0.1) is 12.8 Å². The van der Waals surface area contributed by atoms with Crippen molar-refractivity contribution in [2.75, 3.05) is 31.5 Å². The van der Waals surface area contributed by atoms with Gasteiger partial charge in [-0.15, -0.1) is 0 Å². The molecule has 1 aromatic heterocycles. The summed E-state index contributed by atoms with van der Waals surface area (Å²) in [6.45, 7) is 4.75. The molecule has 1 aromatic carbocycles. The molecule has 1 atom stereocenters. The van der Waals surface area contributed by atoms with Gasteiger partial charge in [0.1, 0.15) is 0 Å². The summed E-state index contributed by atoms with van der Waals surface area (Å²) in [5.41, 5.74) is 2.24. The molecular formula is C21H25N5O2. The predicted molar refractivity (Wildman–Crippen MR) is 106 cm³/mol. The first-order valence-electron chi connectivity index (χ1n) is 9.85. The van der Waals surface area contributed by atoms with Crippen LogP contribution in [0.5, 0.6) is 0 Å². The van der Waals surface area contributed by atoms with Crippen molar-refractivity contribution in [3.05, 3.63) is 47.8 Å². The predicted octanol–water partition coefficient (Wildman–Crippen LogP) is 2.61. The van der Waals surface area contributed by atoms with Gasteiger partial charge in [0, 0.05) is 49.3 Å². The van der Waals surface area contributed by atoms with E-state index >= 15 is 0 Å². The second-order valence-electron chi connectivity index (χ2n) is 7.50. The molecule has 146 valence electrons. The minimum absolute atomic E-state index is 0.0365. The highest BCUT2D eigenvalue weighted by atomic mass is 16.2. The standard InChI is InChI=1S/C21H25N5O2/c1-15-7-9-22-21(23-15)24-18-6-4-5-16(13-18)19(27)26-12-8-17(14-26)20(28)25-10-2-3-11-25/h4-7,9,13,17H,2-3,8,10-12,14H2,1H3,(H,22,23,24). The van der Waals surface area contributed by atoms with E-state index in [1.165, 1.54) is 0 Å². The van der Waals surface area contributed by atoms with Crippen molar-refractivity contribution < 1.29 is 9.59 Å². The van der Waals surface area contributed by atoms with Gasteiger partial charge in [-0.25, -0.2) is 9.97 Å². The zero-order valence-electron chi connectivity index (χ0n) is 16.1. The molecule has 0 spiro atoms. The van der Waals surface area contributed by atoms with Crippen molar-refractivity contribution in [3.8, 4) is 0 Å². The second kappa shape index (κ2) is 7.96. The summed E-state index contributed by atoms with van der Waals surface area (Å²) in [4.78, 5) is 37.8. The molecule has 28 heavy (non-hydrogen) atoms. The molecule has 0 radical (unpaired) electrons. The lowest BCUT2D eigenvalue weighted by atomic mass is 10.1. The molecule has 0 bridgehead atoms. The van der Waals surface area contributed by atoms with Gasteiger partial charge in [0.15, 0.2) is 0 Å². The van der Waals surface area contributed by atoms with Gasteiger partial charge in [-0.05, 0) is 50.5 Å². The van der Waals surface area contributed by atoms with Crippen LogP contribution in [-0.2, 0) is 4.79 Å². The fraction of sp³-hybridized carbons (Fsp3) is 0.429. The van der Waals surface area contributed by atoms with E-state index < -0.39 is 0 Å². The number of nitrogens with one attached hydrogen (secondary N) is 1. The number of aromatic nitrogens is 2. The number of amides is 2. The van der Waals surface area contributed by atoms with Crippen LogP contribution in [0.2, 0.25) is 0 Å². The Balaban J connectivity index is 1.41. The fourth-order valence-electron chi connectivity index (χ4n) is 3.89. The Morgan fingerprint density at radius 2 is 1.93 bits per heavy atom. The zero-order chi connectivity index (χ0) is 19.5. The monoisotopic (exact) mass is 379 g/mol. The quantitative estimate of drug-likeness (QED) is 0.883. The largest absolute Gasteiger partial charge is 0.342 e. The van der Waals surface area contributed by atoms with Crippen molar-refractivity contribution in [2.45, 2.75) is 26.2 Å². The molecule has 2 amide bonds. The molecule has 1 unspecified atom stereocenters. The number of benzene rings is 1. The van der Waals surface area contributed by atoms with E-state index in [0.717, 1.165) is 43.7 Å². The highest BCUT2D eigenvalue weighted by Crippen LogP contribution is 2.24. The lowest BCUT2D eigenvalue weighted by Crippen LogP contribution is -2.36. The van der Waals surface area contributed by atoms with Crippen LogP contribution in [-0.4, -0.2) is 57.8 Å². The molecule has 1 N–H and O–H groups in total. The van der Waals surface area contributed by atoms with E-state index in [1.54, 1.807) is 17.2 Å². The molecule has 0 saturated carbocycles. The minimum Gasteiger partial charge on any atom is -0.342 e. The fourth-order valence-corrected chi connectivity index (χ4v) is 3.89. The van der Waals surface area contributed by atoms with Crippen molar-refractivity contribution in [3.63, 3.8) is 0 Å². The third kappa shape index (κ3) is 3.98. The van der Waals surface area contributed by atoms with Gasteiger partial charge in [-0.3, -0.25) is 9.59 Å². The second-order valence-corrected chi connectivity index (χ2v) is 7.50. The lowest BCUT2D eigenvalue weighted by molar-refractivity contribution is -0.133. The van der Waals surface area contributed by atoms with Gasteiger partial charge in [0.25, 0.3) is 5.91 Å². The number of aryl methyl sites for hydroxylation is 1. The van der Waals surface area contributed by atoms with Gasteiger partial charge in [-0.1, -0.05) is 6.07 Å². The summed E-state index contributed by atoms with van der Waals surface area (Å²) >= 11 is 0. The Labute approximate surface area is 164 Å². The highest BCUT2D eigenvalue weighted by molar-refractivity contribution is 5.96. The van der Waals surface area contributed by atoms with Gasteiger partial charge in [0.2, 0.25) is 11.9 Å². The van der Waals surface area contributed by atoms with Crippen LogP contribution < -0.4 is 5.32 Å². The summed E-state index contributed by atoms with van der Waals surface area (Å²) in [6, 6.07) is 9.17. The van der Waals surface area contributed by atoms with Crippen molar-refractivity contribution >= 4 is 23.5 Å². The Bertz CT molecular complexity index is 879. The van der Waals surface area contributed by atoms with E-state index in [2.05, 4.69) is 15.3 Å². The SMILES string of the molecule is Cc1ccnc(Nc2cccc(C(=O)N3CCC(C(=O)N4CCCC4)C3)c2)n1. The Morgan fingerprint density at radius 1 is 1.11 bits per heavy atom. The van der Waals surface area contributed by atoms with Gasteiger partial charge in [0.05, 0.1) is 5.92 Å². The Hall–Kier alpha value is -2.96. The van der Waals surface area contributed by atoms with Crippen LogP contribution >= 0.6 is 0 Å². The number of rotatable bonds is 4. The smallest absolute Gasteiger partial charge is 0.253 e. The molecule has 2 aromatic rings. The number of carbonyl (C=O) groups is 2. The number of likely N-dealkylation sites (tertiary alicyclic amines) is 2. The summed E-state index contributed by atoms with van der Waals surface area (Å²) in [6.07, 6.45) is 4.62. The van der Waals surface area contributed by atoms with Gasteiger partial charge >= 0.3 is 0 Å². The van der Waals surface area contributed by atoms with E-state index in [4.69, 9.17) is 0 Å². The summed E-state index contributed by atoms with van der Waals surface area (Å²) in [5, 5.41) is 3.14. The van der Waals surface area contributed by atoms with Gasteiger partial charge in [-0.2, -0.15) is 0 Å². The van der Waals surface area contributed by atoms with Crippen LogP contribution in [0.1, 0.15) is 35.3 Å². The summed E-state index contributed by atoms with van der Waals surface area (Å²) in [7, 11) is 0. The van der Waals surface area contributed by atoms with E-state index in [1.807, 2.05) is 36.1 Å². The van der Waals surface area contributed by atoms with E-state index in [9.17, 15) is 9.59 Å². The lowest BCUT2D eigenvalue weighted by Gasteiger charge is -2.21. The molecule has 0 aliphatic carbocycles. The van der Waals surface area contributed by atoms with Crippen molar-refractivity contribution in [2.24, 2.45) is 5.92 Å². The molecule has 3 heterocycles. The average molecular weight is 379 g/mol. The number of anilines is 2. The minimum atomic E-state index is -0.0657. The third-order valence-electron chi connectivity index (χ3n) is 5.40. The number of carbonyl (C=O) groups excluding carboxylic acids is 2. The molecule has 2 aliphatic heterocycles. The Kier molecular flexibility index (Phi) is 5.23. The maximum atomic E-state index is 12.9. The summed E-state index contributed by atoms with van der Waals surface area (Å²) in [5.74, 6) is 0.608. The molecule has 2 aliphatic rings. The van der Waals surface area contributed by atoms with Crippen LogP contribution in [0.25, 0.3) is 0 Å². The number of nitrogens with zero attached hydrogens (tertiary/aromatic N) is 4. The van der Waals surface area contributed by atoms with Crippen molar-refractivity contribution in [1.82, 2.24) is 19.8 Å². The molecule has 7 heteroatoms. The normalized spacial score (nSPS) is 19.1. The third-order valence-corrected chi connectivity index (χ3v) is 5.40. The van der Waals surface area contributed by atoms with Crippen LogP contribution in [0.4, 0.5) is 11.6 Å². The molecular weight excluding hydrogens is 354 g/mol. The van der Waals surface area contributed by atoms with E-state index in [-0.39, 0.29) is 17.7 Å². The van der Waals surface area contributed by atoms with E-state index in [0.29, 0.717) is 24.6 Å². The summed E-state index contributed by atoms with van der Waals surface area (Å²) < 4.78 is 0. The first-order chi connectivity index (χ1) is 13.6. The van der Waals surface area contributed by atoms with Gasteiger partial charge < -0.3 is 15.1 Å². The van der Waals surface area contributed by atoms with Crippen LogP contribution in [0.15, 0.2) is 36.5 Å². The number of hydrogen-bond donors (Lipinski definition) is 1. The molecule has 7 nitrogen and oxygen atoms in total. The zero-order valence-corrected chi connectivity index (χ0v) is 16.1. The Morgan fingerprint density at radius 3 is 2.71 bits per heavy atom. The van der Waals surface area contributed by atoms with Crippen molar-refractivity contribution in [1.29, 1.82) is 0 Å². The maximum Gasteiger partial charge on any atom is 0.253 e. The first kappa shape index (κ1) is 18.4. The molecule has 2 fully saturated rings. The first-order valence-corrected chi connectivity index (χ1v) is 9.85. The molecule has 2 saturated heterocycles. The highest BCUT2D eigenvalue weighted by Gasteiger charge is 2.34. The van der Waals surface area contributed by atoms with Crippen LogP contribution in [0.3, 0.4) is 0 Å². The molecule has 4 rings (SSSR count). The average Bonchev–Trinajstić information content (AvgIpc) is 3.39.